The zero-order valence-corrected chi connectivity index (χ0v) is 18.2. The van der Waals surface area contributed by atoms with Crippen LogP contribution in [0.4, 0.5) is 39.2 Å². The van der Waals surface area contributed by atoms with Crippen molar-refractivity contribution in [2.75, 3.05) is 40.6 Å². The number of carbonyl (C=O) groups excluding carboxylic acids is 1. The van der Waals surface area contributed by atoms with Gasteiger partial charge in [-0.05, 0) is 43.5 Å². The van der Waals surface area contributed by atoms with E-state index in [9.17, 15) is 9.18 Å². The van der Waals surface area contributed by atoms with Gasteiger partial charge in [-0.15, -0.1) is 0 Å². The minimum Gasteiger partial charge on any atom is -0.489 e. The Labute approximate surface area is 194 Å². The number of halogens is 1. The van der Waals surface area contributed by atoms with Gasteiger partial charge < -0.3 is 30.3 Å². The molecule has 1 aromatic carbocycles. The Balaban J connectivity index is 1.21. The van der Waals surface area contributed by atoms with Gasteiger partial charge in [0.15, 0.2) is 29.8 Å². The molecule has 174 valence electrons. The Hall–Kier alpha value is -4.15. The highest BCUT2D eigenvalue weighted by atomic mass is 19.1. The van der Waals surface area contributed by atoms with Crippen molar-refractivity contribution in [3.05, 3.63) is 42.3 Å². The lowest BCUT2D eigenvalue weighted by Crippen LogP contribution is -2.46. The van der Waals surface area contributed by atoms with Crippen molar-refractivity contribution in [2.45, 2.75) is 25.3 Å². The maximum Gasteiger partial charge on any atom is 0.263 e. The Bertz CT molecular complexity index is 1270. The molecule has 0 radical (unpaired) electrons. The highest BCUT2D eigenvalue weighted by molar-refractivity contribution is 5.94. The van der Waals surface area contributed by atoms with Crippen LogP contribution in [0.2, 0.25) is 0 Å². The number of nitrogens with one attached hydrogen (secondary N) is 3. The Kier molecular flexibility index (Phi) is 5.01. The molecule has 1 saturated heterocycles. The number of carbonyl (C=O) groups is 1. The molecule has 2 aromatic heterocycles. The van der Waals surface area contributed by atoms with Gasteiger partial charge in [-0.1, -0.05) is 0 Å². The van der Waals surface area contributed by atoms with Crippen LogP contribution in [0.3, 0.4) is 0 Å². The van der Waals surface area contributed by atoms with E-state index >= 15 is 0 Å². The van der Waals surface area contributed by atoms with E-state index in [1.807, 2.05) is 18.2 Å². The molecular weight excluding hydrogens is 441 g/mol. The van der Waals surface area contributed by atoms with Gasteiger partial charge in [-0.2, -0.15) is 4.98 Å². The smallest absolute Gasteiger partial charge is 0.263 e. The number of fused-ring (bicyclic) bond motifs is 4. The summed E-state index contributed by atoms with van der Waals surface area (Å²) in [7, 11) is 0. The molecule has 1 atom stereocenters. The van der Waals surface area contributed by atoms with Crippen LogP contribution in [0.1, 0.15) is 19.3 Å². The predicted octanol–water partition coefficient (Wildman–Crippen LogP) is 3.58. The molecule has 0 saturated carbocycles. The molecule has 1 amide bonds. The third-order valence-corrected chi connectivity index (χ3v) is 6.05. The highest BCUT2D eigenvalue weighted by Crippen LogP contribution is 2.39. The van der Waals surface area contributed by atoms with Crippen LogP contribution in [0.15, 0.2) is 36.5 Å². The predicted molar refractivity (Wildman–Crippen MR) is 124 cm³/mol. The van der Waals surface area contributed by atoms with E-state index in [1.54, 1.807) is 12.1 Å². The van der Waals surface area contributed by atoms with Crippen molar-refractivity contribution in [1.82, 2.24) is 15.0 Å². The number of ether oxygens (including phenoxy) is 2. The third kappa shape index (κ3) is 3.89. The van der Waals surface area contributed by atoms with Crippen LogP contribution in [0.5, 0.6) is 11.5 Å². The molecule has 1 fully saturated rings. The zero-order chi connectivity index (χ0) is 23.1. The molecule has 3 aliphatic rings. The number of hydrogen-bond acceptors (Lipinski definition) is 9. The quantitative estimate of drug-likeness (QED) is 0.534. The van der Waals surface area contributed by atoms with E-state index in [2.05, 4.69) is 35.8 Å². The summed E-state index contributed by atoms with van der Waals surface area (Å²) in [6, 6.07) is 9.57. The van der Waals surface area contributed by atoms with Crippen molar-refractivity contribution in [3.63, 3.8) is 0 Å². The van der Waals surface area contributed by atoms with Gasteiger partial charge in [0.05, 0.1) is 17.9 Å². The maximum absolute atomic E-state index is 14.4. The van der Waals surface area contributed by atoms with E-state index in [-0.39, 0.29) is 30.1 Å². The minimum absolute atomic E-state index is 0.0571. The van der Waals surface area contributed by atoms with Crippen molar-refractivity contribution < 1.29 is 18.7 Å². The lowest BCUT2D eigenvalue weighted by molar-refractivity contribution is -0.118. The van der Waals surface area contributed by atoms with Gasteiger partial charge in [-0.25, -0.2) is 14.4 Å². The largest absolute Gasteiger partial charge is 0.489 e. The molecule has 3 N–H and O–H groups in total. The number of pyridine rings is 1. The standard InChI is InChI=1S/C23H22FN7O3/c24-15-10-25-23(30-21(15)27-19-7-6-17-22(28-19)29-20(32)12-34-17)26-13-4-5-16-18(9-13)33-11-14-3-1-2-8-31(14)16/h4-7,9-10,14H,1-3,8,11-12H2,(H3,25,26,27,28,29,30,32). The van der Waals surface area contributed by atoms with Crippen LogP contribution in [0.25, 0.3) is 0 Å². The first-order chi connectivity index (χ1) is 16.6. The van der Waals surface area contributed by atoms with E-state index in [0.29, 0.717) is 24.2 Å². The number of hydrogen-bond donors (Lipinski definition) is 3. The van der Waals surface area contributed by atoms with Crippen molar-refractivity contribution in [3.8, 4) is 11.5 Å². The van der Waals surface area contributed by atoms with Crippen LogP contribution < -0.4 is 30.3 Å². The van der Waals surface area contributed by atoms with Crippen LogP contribution >= 0.6 is 0 Å². The summed E-state index contributed by atoms with van der Waals surface area (Å²) in [6.07, 6.45) is 4.65. The summed E-state index contributed by atoms with van der Waals surface area (Å²) in [4.78, 5) is 26.5. The fraction of sp³-hybridized carbons (Fsp3) is 0.304. The second kappa shape index (κ2) is 8.32. The number of aromatic nitrogens is 3. The first-order valence-corrected chi connectivity index (χ1v) is 11.2. The normalized spacial score (nSPS) is 18.4. The maximum atomic E-state index is 14.4. The number of rotatable bonds is 4. The Morgan fingerprint density at radius 2 is 2.03 bits per heavy atom. The third-order valence-electron chi connectivity index (χ3n) is 6.05. The highest BCUT2D eigenvalue weighted by Gasteiger charge is 2.29. The van der Waals surface area contributed by atoms with Crippen molar-refractivity contribution in [2.24, 2.45) is 0 Å². The molecule has 3 aliphatic heterocycles. The van der Waals surface area contributed by atoms with E-state index in [4.69, 9.17) is 9.47 Å². The molecule has 1 unspecified atom stereocenters. The van der Waals surface area contributed by atoms with Crippen LogP contribution in [0, 0.1) is 5.82 Å². The van der Waals surface area contributed by atoms with Gasteiger partial charge in [0.25, 0.3) is 5.91 Å². The number of anilines is 6. The molecule has 3 aromatic rings. The molecule has 6 rings (SSSR count). The van der Waals surface area contributed by atoms with Crippen molar-refractivity contribution in [1.29, 1.82) is 0 Å². The molecule has 0 aliphatic carbocycles. The van der Waals surface area contributed by atoms with E-state index in [1.165, 1.54) is 12.8 Å². The van der Waals surface area contributed by atoms with Crippen molar-refractivity contribution >= 4 is 40.7 Å². The number of nitrogens with zero attached hydrogens (tertiary/aromatic N) is 4. The fourth-order valence-corrected chi connectivity index (χ4v) is 4.42. The Morgan fingerprint density at radius 3 is 2.97 bits per heavy atom. The molecule has 0 bridgehead atoms. The fourth-order valence-electron chi connectivity index (χ4n) is 4.42. The summed E-state index contributed by atoms with van der Waals surface area (Å²) >= 11 is 0. The second-order valence-corrected chi connectivity index (χ2v) is 8.36. The first kappa shape index (κ1) is 20.5. The van der Waals surface area contributed by atoms with Gasteiger partial charge >= 0.3 is 0 Å². The van der Waals surface area contributed by atoms with Crippen LogP contribution in [-0.4, -0.2) is 46.7 Å². The van der Waals surface area contributed by atoms with E-state index < -0.39 is 5.82 Å². The second-order valence-electron chi connectivity index (χ2n) is 8.36. The average Bonchev–Trinajstić information content (AvgIpc) is 2.85. The number of piperidine rings is 1. The summed E-state index contributed by atoms with van der Waals surface area (Å²) in [5, 5.41) is 8.56. The summed E-state index contributed by atoms with van der Waals surface area (Å²) in [5.41, 5.74) is 1.83. The minimum atomic E-state index is -0.643. The zero-order valence-electron chi connectivity index (χ0n) is 18.2. The average molecular weight is 463 g/mol. The SMILES string of the molecule is O=C1COc2ccc(Nc3nc(Nc4ccc5c(c4)OCC4CCCCN54)ncc3F)nc2N1. The van der Waals surface area contributed by atoms with Gasteiger partial charge in [0, 0.05) is 18.3 Å². The van der Waals surface area contributed by atoms with E-state index in [0.717, 1.165) is 36.3 Å². The summed E-state index contributed by atoms with van der Waals surface area (Å²) in [5.74, 6) is 1.03. The molecular formula is C23H22FN7O3. The topological polar surface area (TPSA) is 114 Å². The lowest BCUT2D eigenvalue weighted by atomic mass is 10.00. The number of benzene rings is 1. The van der Waals surface area contributed by atoms with Crippen LogP contribution in [-0.2, 0) is 4.79 Å². The number of amides is 1. The molecule has 11 heteroatoms. The molecule has 5 heterocycles. The summed E-state index contributed by atoms with van der Waals surface area (Å²) in [6.45, 7) is 1.65. The molecule has 34 heavy (non-hydrogen) atoms. The van der Waals surface area contributed by atoms with Gasteiger partial charge in [0.2, 0.25) is 5.95 Å². The Morgan fingerprint density at radius 1 is 1.09 bits per heavy atom. The lowest BCUT2D eigenvalue weighted by Gasteiger charge is -2.41. The monoisotopic (exact) mass is 463 g/mol. The molecule has 10 nitrogen and oxygen atoms in total. The van der Waals surface area contributed by atoms with Gasteiger partial charge in [0.1, 0.15) is 18.2 Å². The summed E-state index contributed by atoms with van der Waals surface area (Å²) < 4.78 is 25.7. The first-order valence-electron chi connectivity index (χ1n) is 11.2. The molecule has 0 spiro atoms. The van der Waals surface area contributed by atoms with Gasteiger partial charge in [-0.3, -0.25) is 4.79 Å².